The van der Waals surface area contributed by atoms with Gasteiger partial charge in [-0.3, -0.25) is 0 Å². The highest BCUT2D eigenvalue weighted by atomic mass is 16.6. The third-order valence-electron chi connectivity index (χ3n) is 2.22. The molecule has 0 spiro atoms. The maximum atomic E-state index is 10.8. The van der Waals surface area contributed by atoms with Crippen molar-refractivity contribution in [1.82, 2.24) is 0 Å². The molecule has 0 aromatic heterocycles. The van der Waals surface area contributed by atoms with Crippen LogP contribution in [0.1, 0.15) is 19.8 Å². The van der Waals surface area contributed by atoms with Gasteiger partial charge in [-0.2, -0.15) is 0 Å². The lowest BCUT2D eigenvalue weighted by Crippen LogP contribution is -2.23. The van der Waals surface area contributed by atoms with Crippen molar-refractivity contribution in [3.8, 4) is 0 Å². The maximum absolute atomic E-state index is 10.8. The number of hydrogen-bond donors (Lipinski definition) is 0. The molecule has 1 fully saturated rings. The first kappa shape index (κ1) is 12.2. The Morgan fingerprint density at radius 2 is 2.53 bits per heavy atom. The van der Waals surface area contributed by atoms with E-state index in [-0.39, 0.29) is 18.8 Å². The van der Waals surface area contributed by atoms with Gasteiger partial charge in [-0.15, -0.1) is 0 Å². The first-order valence-electron chi connectivity index (χ1n) is 5.24. The normalized spacial score (nSPS) is 22.3. The van der Waals surface area contributed by atoms with Gasteiger partial charge in [-0.05, 0) is 19.8 Å². The summed E-state index contributed by atoms with van der Waals surface area (Å²) in [7, 11) is 0. The molecule has 15 heavy (non-hydrogen) atoms. The highest BCUT2D eigenvalue weighted by Gasteiger charge is 2.17. The van der Waals surface area contributed by atoms with Gasteiger partial charge in [0.15, 0.2) is 0 Å². The van der Waals surface area contributed by atoms with Crippen molar-refractivity contribution < 1.29 is 19.0 Å². The first-order valence-corrected chi connectivity index (χ1v) is 5.24. The van der Waals surface area contributed by atoms with E-state index < -0.39 is 5.97 Å². The van der Waals surface area contributed by atoms with Crippen molar-refractivity contribution in [2.45, 2.75) is 32.0 Å². The highest BCUT2D eigenvalue weighted by molar-refractivity contribution is 5.81. The predicted molar refractivity (Wildman–Crippen MR) is 55.5 cm³/mol. The average molecular weight is 214 g/mol. The van der Waals surface area contributed by atoms with Gasteiger partial charge >= 0.3 is 5.97 Å². The number of ether oxygens (including phenoxy) is 3. The molecule has 1 aliphatic rings. The molecule has 0 bridgehead atoms. The second kappa shape index (κ2) is 6.58. The number of carbonyl (C=O) groups excluding carboxylic acids is 1. The van der Waals surface area contributed by atoms with E-state index in [1.54, 1.807) is 0 Å². The van der Waals surface area contributed by atoms with Crippen molar-refractivity contribution in [3.05, 3.63) is 12.7 Å². The molecule has 4 nitrogen and oxygen atoms in total. The molecule has 4 heteroatoms. The van der Waals surface area contributed by atoms with E-state index >= 15 is 0 Å². The van der Waals surface area contributed by atoms with Crippen LogP contribution in [0.3, 0.4) is 0 Å². The molecule has 0 radical (unpaired) electrons. The Kier molecular flexibility index (Phi) is 5.36. The van der Waals surface area contributed by atoms with Gasteiger partial charge in [0.05, 0.1) is 18.8 Å². The van der Waals surface area contributed by atoms with Crippen LogP contribution in [0.15, 0.2) is 12.7 Å². The van der Waals surface area contributed by atoms with E-state index in [4.69, 9.17) is 14.2 Å². The molecular weight excluding hydrogens is 196 g/mol. The Morgan fingerprint density at radius 1 is 1.73 bits per heavy atom. The van der Waals surface area contributed by atoms with Gasteiger partial charge in [-0.25, -0.2) is 4.79 Å². The summed E-state index contributed by atoms with van der Waals surface area (Å²) in [6.45, 7) is 6.84. The molecule has 0 N–H and O–H groups in total. The van der Waals surface area contributed by atoms with Crippen molar-refractivity contribution in [2.24, 2.45) is 0 Å². The van der Waals surface area contributed by atoms with E-state index in [1.165, 1.54) is 0 Å². The average Bonchev–Trinajstić information content (AvgIpc) is 2.75. The second-order valence-corrected chi connectivity index (χ2v) is 3.61. The molecule has 1 heterocycles. The monoisotopic (exact) mass is 214 g/mol. The molecule has 0 aliphatic carbocycles. The van der Waals surface area contributed by atoms with Crippen LogP contribution in [0.4, 0.5) is 0 Å². The summed E-state index contributed by atoms with van der Waals surface area (Å²) in [5, 5.41) is 0. The van der Waals surface area contributed by atoms with Crippen LogP contribution in [-0.2, 0) is 19.0 Å². The molecular formula is C11H18O4. The van der Waals surface area contributed by atoms with E-state index in [1.807, 2.05) is 6.92 Å². The summed E-state index contributed by atoms with van der Waals surface area (Å²) in [5.74, 6) is -0.414. The van der Waals surface area contributed by atoms with Gasteiger partial charge in [0.25, 0.3) is 0 Å². The number of carbonyl (C=O) groups is 1. The number of esters is 1. The third kappa shape index (κ3) is 4.95. The zero-order valence-corrected chi connectivity index (χ0v) is 9.11. The summed E-state index contributed by atoms with van der Waals surface area (Å²) in [5.41, 5.74) is 0. The van der Waals surface area contributed by atoms with Crippen LogP contribution in [0.5, 0.6) is 0 Å². The summed E-state index contributed by atoms with van der Waals surface area (Å²) in [4.78, 5) is 10.8. The molecule has 0 amide bonds. The standard InChI is InChI=1S/C11H18O4/c1-3-11(12)15-7-9(2)14-8-10-5-4-6-13-10/h3,9-10H,1,4-8H2,2H3. The van der Waals surface area contributed by atoms with Crippen molar-refractivity contribution in [2.75, 3.05) is 19.8 Å². The van der Waals surface area contributed by atoms with Crippen LogP contribution >= 0.6 is 0 Å². The predicted octanol–water partition coefficient (Wildman–Crippen LogP) is 1.30. The molecule has 2 unspecified atom stereocenters. The smallest absolute Gasteiger partial charge is 0.330 e. The Hall–Kier alpha value is -0.870. The Balaban J connectivity index is 2.04. The Bertz CT molecular complexity index is 209. The van der Waals surface area contributed by atoms with Gasteiger partial charge in [0.1, 0.15) is 6.61 Å². The van der Waals surface area contributed by atoms with Crippen LogP contribution in [0.25, 0.3) is 0 Å². The van der Waals surface area contributed by atoms with Crippen molar-refractivity contribution in [3.63, 3.8) is 0 Å². The second-order valence-electron chi connectivity index (χ2n) is 3.61. The first-order chi connectivity index (χ1) is 7.22. The zero-order chi connectivity index (χ0) is 11.1. The molecule has 0 aromatic carbocycles. The lowest BCUT2D eigenvalue weighted by molar-refractivity contribution is -0.142. The Morgan fingerprint density at radius 3 is 3.13 bits per heavy atom. The fourth-order valence-electron chi connectivity index (χ4n) is 1.35. The van der Waals surface area contributed by atoms with Crippen molar-refractivity contribution >= 4 is 5.97 Å². The minimum Gasteiger partial charge on any atom is -0.460 e. The zero-order valence-electron chi connectivity index (χ0n) is 9.11. The topological polar surface area (TPSA) is 44.8 Å². The highest BCUT2D eigenvalue weighted by Crippen LogP contribution is 2.12. The Labute approximate surface area is 90.2 Å². The quantitative estimate of drug-likeness (QED) is 0.494. The molecule has 1 rings (SSSR count). The molecule has 86 valence electrons. The third-order valence-corrected chi connectivity index (χ3v) is 2.22. The van der Waals surface area contributed by atoms with E-state index in [2.05, 4.69) is 6.58 Å². The SMILES string of the molecule is C=CC(=O)OCC(C)OCC1CCCO1. The van der Waals surface area contributed by atoms with Crippen LogP contribution < -0.4 is 0 Å². The minimum atomic E-state index is -0.414. The van der Waals surface area contributed by atoms with Gasteiger partial charge in [0, 0.05) is 12.7 Å². The van der Waals surface area contributed by atoms with Crippen LogP contribution in [-0.4, -0.2) is 38.0 Å². The largest absolute Gasteiger partial charge is 0.460 e. The number of rotatable bonds is 6. The van der Waals surface area contributed by atoms with Crippen LogP contribution in [0.2, 0.25) is 0 Å². The summed E-state index contributed by atoms with van der Waals surface area (Å²) in [6.07, 6.45) is 3.42. The molecule has 1 aliphatic heterocycles. The van der Waals surface area contributed by atoms with Gasteiger partial charge in [0.2, 0.25) is 0 Å². The van der Waals surface area contributed by atoms with Crippen LogP contribution in [0, 0.1) is 0 Å². The fourth-order valence-corrected chi connectivity index (χ4v) is 1.35. The summed E-state index contributed by atoms with van der Waals surface area (Å²) >= 11 is 0. The minimum absolute atomic E-state index is 0.0990. The number of hydrogen-bond acceptors (Lipinski definition) is 4. The molecule has 1 saturated heterocycles. The van der Waals surface area contributed by atoms with Crippen molar-refractivity contribution in [1.29, 1.82) is 0 Å². The van der Waals surface area contributed by atoms with E-state index in [9.17, 15) is 4.79 Å². The van der Waals surface area contributed by atoms with Gasteiger partial charge < -0.3 is 14.2 Å². The fraction of sp³-hybridized carbons (Fsp3) is 0.727. The summed E-state index contributed by atoms with van der Waals surface area (Å²) in [6, 6.07) is 0. The molecule has 0 saturated carbocycles. The lowest BCUT2D eigenvalue weighted by atomic mass is 10.2. The molecule has 0 aromatic rings. The van der Waals surface area contributed by atoms with E-state index in [0.717, 1.165) is 25.5 Å². The summed E-state index contributed by atoms with van der Waals surface area (Å²) < 4.78 is 15.7. The molecule has 2 atom stereocenters. The maximum Gasteiger partial charge on any atom is 0.330 e. The lowest BCUT2D eigenvalue weighted by Gasteiger charge is -2.15. The van der Waals surface area contributed by atoms with Gasteiger partial charge in [-0.1, -0.05) is 6.58 Å². The van der Waals surface area contributed by atoms with E-state index in [0.29, 0.717) is 6.61 Å².